The van der Waals surface area contributed by atoms with Gasteiger partial charge in [0.2, 0.25) is 5.95 Å². The molecule has 0 unspecified atom stereocenters. The molecule has 0 aliphatic carbocycles. The van der Waals surface area contributed by atoms with Gasteiger partial charge in [0, 0.05) is 18.8 Å². The Hall–Kier alpha value is -1.36. The van der Waals surface area contributed by atoms with Crippen LogP contribution in [0.3, 0.4) is 0 Å². The van der Waals surface area contributed by atoms with Crippen LogP contribution in [0.25, 0.3) is 0 Å². The minimum Gasteiger partial charge on any atom is -0.394 e. The second-order valence-corrected chi connectivity index (χ2v) is 4.14. The summed E-state index contributed by atoms with van der Waals surface area (Å²) in [4.78, 5) is 8.42. The zero-order valence-corrected chi connectivity index (χ0v) is 9.63. The maximum atomic E-state index is 9.13. The quantitative estimate of drug-likeness (QED) is 0.692. The van der Waals surface area contributed by atoms with Crippen LogP contribution in [0.4, 0.5) is 11.8 Å². The summed E-state index contributed by atoms with van der Waals surface area (Å²) in [5.41, 5.74) is 0.497. The van der Waals surface area contributed by atoms with Crippen LogP contribution in [0.15, 0.2) is 6.07 Å². The highest BCUT2D eigenvalue weighted by Crippen LogP contribution is 2.14. The lowest BCUT2D eigenvalue weighted by molar-refractivity contribution is 0.234. The van der Waals surface area contributed by atoms with Gasteiger partial charge in [-0.05, 0) is 20.8 Å². The van der Waals surface area contributed by atoms with Crippen LogP contribution < -0.4 is 10.6 Å². The molecule has 0 saturated carbocycles. The number of nitrogens with zero attached hydrogens (tertiary/aromatic N) is 2. The Bertz CT molecular complexity index is 338. The Kier molecular flexibility index (Phi) is 3.47. The van der Waals surface area contributed by atoms with Crippen LogP contribution in [0.1, 0.15) is 19.5 Å². The SMILES string of the molecule is CNc1nc(C)cc(NC(C)(C)CO)n1. The van der Waals surface area contributed by atoms with Crippen LogP contribution in [-0.4, -0.2) is 34.3 Å². The van der Waals surface area contributed by atoms with Crippen LogP contribution in [0.5, 0.6) is 0 Å². The van der Waals surface area contributed by atoms with Crippen LogP contribution in [0, 0.1) is 6.92 Å². The normalized spacial score (nSPS) is 11.3. The Labute approximate surface area is 90.0 Å². The molecule has 0 aromatic carbocycles. The Balaban J connectivity index is 2.90. The number of anilines is 2. The zero-order valence-electron chi connectivity index (χ0n) is 9.63. The molecule has 3 N–H and O–H groups in total. The van der Waals surface area contributed by atoms with Gasteiger partial charge in [0.1, 0.15) is 5.82 Å². The van der Waals surface area contributed by atoms with E-state index in [0.717, 1.165) is 5.69 Å². The molecule has 1 rings (SSSR count). The van der Waals surface area contributed by atoms with E-state index in [4.69, 9.17) is 5.11 Å². The molecule has 1 aromatic heterocycles. The molecule has 0 fully saturated rings. The van der Waals surface area contributed by atoms with Gasteiger partial charge in [-0.1, -0.05) is 0 Å². The summed E-state index contributed by atoms with van der Waals surface area (Å²) in [5.74, 6) is 1.29. The fraction of sp³-hybridized carbons (Fsp3) is 0.600. The van der Waals surface area contributed by atoms with Crippen molar-refractivity contribution in [1.29, 1.82) is 0 Å². The van der Waals surface area contributed by atoms with Crippen LogP contribution in [-0.2, 0) is 0 Å². The molecule has 0 atom stereocenters. The van der Waals surface area contributed by atoms with Gasteiger partial charge < -0.3 is 15.7 Å². The fourth-order valence-electron chi connectivity index (χ4n) is 1.13. The van der Waals surface area contributed by atoms with Crippen LogP contribution in [0.2, 0.25) is 0 Å². The first-order valence-electron chi connectivity index (χ1n) is 4.89. The number of aryl methyl sites for hydroxylation is 1. The number of aromatic nitrogens is 2. The van der Waals surface area contributed by atoms with E-state index in [9.17, 15) is 0 Å². The van der Waals surface area contributed by atoms with Gasteiger partial charge in [0.25, 0.3) is 0 Å². The Morgan fingerprint density at radius 3 is 2.60 bits per heavy atom. The third kappa shape index (κ3) is 3.36. The lowest BCUT2D eigenvalue weighted by Gasteiger charge is -2.24. The third-order valence-electron chi connectivity index (χ3n) is 1.94. The average Bonchev–Trinajstić information content (AvgIpc) is 2.16. The molecule has 0 radical (unpaired) electrons. The van der Waals surface area contributed by atoms with Gasteiger partial charge in [-0.15, -0.1) is 0 Å². The number of hydrogen-bond donors (Lipinski definition) is 3. The first-order valence-corrected chi connectivity index (χ1v) is 4.89. The van der Waals surface area contributed by atoms with E-state index in [1.807, 2.05) is 26.8 Å². The number of rotatable bonds is 4. The second-order valence-electron chi connectivity index (χ2n) is 4.14. The summed E-state index contributed by atoms with van der Waals surface area (Å²) in [6, 6.07) is 1.85. The van der Waals surface area contributed by atoms with E-state index >= 15 is 0 Å². The van der Waals surface area contributed by atoms with E-state index in [0.29, 0.717) is 11.8 Å². The second kappa shape index (κ2) is 4.44. The molecule has 0 bridgehead atoms. The topological polar surface area (TPSA) is 70.1 Å². The van der Waals surface area contributed by atoms with Crippen molar-refractivity contribution in [1.82, 2.24) is 9.97 Å². The molecule has 0 aliphatic rings. The highest BCUT2D eigenvalue weighted by molar-refractivity contribution is 5.43. The van der Waals surface area contributed by atoms with Crippen molar-refractivity contribution < 1.29 is 5.11 Å². The number of aliphatic hydroxyl groups is 1. The van der Waals surface area contributed by atoms with Gasteiger partial charge in [-0.3, -0.25) is 0 Å². The molecular formula is C10H18N4O. The van der Waals surface area contributed by atoms with E-state index < -0.39 is 0 Å². The first-order chi connectivity index (χ1) is 6.96. The molecular weight excluding hydrogens is 192 g/mol. The van der Waals surface area contributed by atoms with Crippen molar-refractivity contribution >= 4 is 11.8 Å². The van der Waals surface area contributed by atoms with E-state index in [-0.39, 0.29) is 12.1 Å². The van der Waals surface area contributed by atoms with Crippen molar-refractivity contribution in [3.8, 4) is 0 Å². The molecule has 1 heterocycles. The minimum atomic E-state index is -0.383. The molecule has 0 saturated heterocycles. The molecule has 15 heavy (non-hydrogen) atoms. The molecule has 5 nitrogen and oxygen atoms in total. The summed E-state index contributed by atoms with van der Waals surface area (Å²) in [6.45, 7) is 5.76. The molecule has 1 aromatic rings. The summed E-state index contributed by atoms with van der Waals surface area (Å²) >= 11 is 0. The zero-order chi connectivity index (χ0) is 11.5. The highest BCUT2D eigenvalue weighted by Gasteiger charge is 2.16. The first kappa shape index (κ1) is 11.7. The average molecular weight is 210 g/mol. The Morgan fingerprint density at radius 1 is 1.40 bits per heavy atom. The monoisotopic (exact) mass is 210 g/mol. The van der Waals surface area contributed by atoms with Gasteiger partial charge in [-0.25, -0.2) is 4.98 Å². The maximum absolute atomic E-state index is 9.13. The Morgan fingerprint density at radius 2 is 2.07 bits per heavy atom. The van der Waals surface area contributed by atoms with E-state index in [1.165, 1.54) is 0 Å². The fourth-order valence-corrected chi connectivity index (χ4v) is 1.13. The number of hydrogen-bond acceptors (Lipinski definition) is 5. The van der Waals surface area contributed by atoms with Gasteiger partial charge in [0.15, 0.2) is 0 Å². The molecule has 0 amide bonds. The van der Waals surface area contributed by atoms with E-state index in [1.54, 1.807) is 7.05 Å². The van der Waals surface area contributed by atoms with Crippen molar-refractivity contribution in [2.45, 2.75) is 26.3 Å². The summed E-state index contributed by atoms with van der Waals surface area (Å²) in [5, 5.41) is 15.2. The van der Waals surface area contributed by atoms with Crippen molar-refractivity contribution in [2.24, 2.45) is 0 Å². The predicted molar refractivity (Wildman–Crippen MR) is 61.1 cm³/mol. The van der Waals surface area contributed by atoms with Gasteiger partial charge in [0.05, 0.1) is 12.1 Å². The molecule has 0 aliphatic heterocycles. The third-order valence-corrected chi connectivity index (χ3v) is 1.94. The van der Waals surface area contributed by atoms with Crippen molar-refractivity contribution in [2.75, 3.05) is 24.3 Å². The molecule has 84 valence electrons. The van der Waals surface area contributed by atoms with Crippen molar-refractivity contribution in [3.63, 3.8) is 0 Å². The lowest BCUT2D eigenvalue weighted by Crippen LogP contribution is -2.35. The smallest absolute Gasteiger partial charge is 0.224 e. The summed E-state index contributed by atoms with van der Waals surface area (Å²) < 4.78 is 0. The van der Waals surface area contributed by atoms with E-state index in [2.05, 4.69) is 20.6 Å². The maximum Gasteiger partial charge on any atom is 0.224 e. The van der Waals surface area contributed by atoms with Gasteiger partial charge in [-0.2, -0.15) is 4.98 Å². The lowest BCUT2D eigenvalue weighted by atomic mass is 10.1. The standard InChI is InChI=1S/C10H18N4O/c1-7-5-8(13-9(11-4)12-7)14-10(2,3)6-15/h5,15H,6H2,1-4H3,(H2,11,12,13,14). The van der Waals surface area contributed by atoms with Gasteiger partial charge >= 0.3 is 0 Å². The summed E-state index contributed by atoms with van der Waals surface area (Å²) in [6.07, 6.45) is 0. The predicted octanol–water partition coefficient (Wildman–Crippen LogP) is 1.01. The van der Waals surface area contributed by atoms with Crippen molar-refractivity contribution in [3.05, 3.63) is 11.8 Å². The number of aliphatic hydroxyl groups excluding tert-OH is 1. The minimum absolute atomic E-state index is 0.0466. The largest absolute Gasteiger partial charge is 0.394 e. The van der Waals surface area contributed by atoms with Crippen LogP contribution >= 0.6 is 0 Å². The molecule has 5 heteroatoms. The highest BCUT2D eigenvalue weighted by atomic mass is 16.3. The number of nitrogens with one attached hydrogen (secondary N) is 2. The summed E-state index contributed by atoms with van der Waals surface area (Å²) in [7, 11) is 1.77. The molecule has 0 spiro atoms.